The van der Waals surface area contributed by atoms with Crippen LogP contribution in [0.25, 0.3) is 0 Å². The van der Waals surface area contributed by atoms with Crippen LogP contribution in [-0.4, -0.2) is 57.6 Å². The normalized spacial score (nSPS) is 13.0. The summed E-state index contributed by atoms with van der Waals surface area (Å²) in [5.41, 5.74) is 0. The number of carbonyl (C=O) groups is 4. The van der Waals surface area contributed by atoms with E-state index in [4.69, 9.17) is 0 Å². The Balaban J connectivity index is 4.44. The molecule has 0 aromatic carbocycles. The molecule has 0 aromatic rings. The molecule has 0 aliphatic rings. The van der Waals surface area contributed by atoms with Gasteiger partial charge in [0.15, 0.2) is 0 Å². The van der Waals surface area contributed by atoms with Crippen LogP contribution in [0.2, 0.25) is 0 Å². The monoisotopic (exact) mass is 420 g/mol. The molecule has 0 aliphatic heterocycles. The van der Waals surface area contributed by atoms with E-state index in [0.29, 0.717) is 23.5 Å². The van der Waals surface area contributed by atoms with E-state index in [2.05, 4.69) is 10.6 Å². The fraction of sp³-hybridized carbons (Fsp3) is 0.667. The molecule has 0 radical (unpaired) electrons. The highest BCUT2D eigenvalue weighted by atomic mass is 33.1. The Morgan fingerprint density at radius 1 is 0.792 bits per heavy atom. The molecule has 2 atom stereocenters. The zero-order chi connectivity index (χ0) is 18.5. The maximum Gasteiger partial charge on any atom is 0.217 e. The summed E-state index contributed by atoms with van der Waals surface area (Å²) >= 11 is 0.933. The molecule has 12 heteroatoms. The molecular weight excluding hydrogens is 402 g/mol. The summed E-state index contributed by atoms with van der Waals surface area (Å²) in [6, 6.07) is -3.47. The smallest absolute Gasteiger partial charge is 0.217 e. The predicted molar refractivity (Wildman–Crippen MR) is 97.3 cm³/mol. The third-order valence-corrected chi connectivity index (χ3v) is 6.05. The largest absolute Gasteiger partial charge is 0.345 e. The standard InChI is InChI=1S/C12H18F2N2O4S4/c1-7(17)15-9(11(19)21-5-13)3-23-24-4-10(16-8(2)18)12(20)22-6-14/h9-10H,3-6H2,1-2H3,(H,15,17)(H,16,18). The summed E-state index contributed by atoms with van der Waals surface area (Å²) in [6.45, 7) is 2.50. The number of halogens is 2. The maximum atomic E-state index is 12.2. The highest BCUT2D eigenvalue weighted by molar-refractivity contribution is 8.76. The molecule has 138 valence electrons. The van der Waals surface area contributed by atoms with Gasteiger partial charge in [-0.3, -0.25) is 19.2 Å². The van der Waals surface area contributed by atoms with E-state index in [1.807, 2.05) is 0 Å². The molecule has 0 aliphatic carbocycles. The average Bonchev–Trinajstić information content (AvgIpc) is 2.48. The lowest BCUT2D eigenvalue weighted by atomic mass is 10.4. The number of alkyl halides is 2. The maximum absolute atomic E-state index is 12.2. The minimum Gasteiger partial charge on any atom is -0.345 e. The minimum atomic E-state index is -0.883. The molecule has 0 saturated heterocycles. The lowest BCUT2D eigenvalue weighted by molar-refractivity contribution is -0.122. The first-order chi connectivity index (χ1) is 11.3. The summed E-state index contributed by atoms with van der Waals surface area (Å²) in [6.07, 6.45) is 0. The van der Waals surface area contributed by atoms with E-state index in [-0.39, 0.29) is 11.5 Å². The number of hydrogen-bond donors (Lipinski definition) is 2. The van der Waals surface area contributed by atoms with Gasteiger partial charge in [-0.15, -0.1) is 0 Å². The van der Waals surface area contributed by atoms with Crippen molar-refractivity contribution in [1.29, 1.82) is 0 Å². The molecular formula is C12H18F2N2O4S4. The van der Waals surface area contributed by atoms with Gasteiger partial charge >= 0.3 is 0 Å². The van der Waals surface area contributed by atoms with Crippen molar-refractivity contribution in [2.75, 3.05) is 23.5 Å². The van der Waals surface area contributed by atoms with E-state index >= 15 is 0 Å². The molecule has 2 N–H and O–H groups in total. The molecule has 0 aromatic heterocycles. The number of nitrogens with one attached hydrogen (secondary N) is 2. The highest BCUT2D eigenvalue weighted by Gasteiger charge is 2.22. The van der Waals surface area contributed by atoms with Crippen LogP contribution in [0.1, 0.15) is 13.8 Å². The third kappa shape index (κ3) is 11.2. The van der Waals surface area contributed by atoms with E-state index < -0.39 is 46.1 Å². The Morgan fingerprint density at radius 3 is 1.38 bits per heavy atom. The summed E-state index contributed by atoms with van der Waals surface area (Å²) in [5, 5.41) is 3.86. The Kier molecular flexibility index (Phi) is 13.5. The van der Waals surface area contributed by atoms with Gasteiger partial charge in [0.1, 0.15) is 24.1 Å². The number of carbonyl (C=O) groups excluding carboxylic acids is 4. The number of amides is 2. The van der Waals surface area contributed by atoms with Crippen LogP contribution in [0.5, 0.6) is 0 Å². The third-order valence-electron chi connectivity index (χ3n) is 2.27. The summed E-state index contributed by atoms with van der Waals surface area (Å²) in [5.74, 6) is -0.478. The Hall–Kier alpha value is -0.460. The van der Waals surface area contributed by atoms with Crippen LogP contribution in [0.3, 0.4) is 0 Å². The van der Waals surface area contributed by atoms with Crippen LogP contribution in [-0.2, 0) is 19.2 Å². The zero-order valence-electron chi connectivity index (χ0n) is 13.0. The van der Waals surface area contributed by atoms with Gasteiger partial charge in [-0.1, -0.05) is 45.1 Å². The van der Waals surface area contributed by atoms with E-state index in [1.165, 1.54) is 35.4 Å². The van der Waals surface area contributed by atoms with Crippen molar-refractivity contribution in [3.63, 3.8) is 0 Å². The molecule has 0 saturated carbocycles. The Bertz CT molecular complexity index is 417. The van der Waals surface area contributed by atoms with Gasteiger partial charge in [-0.05, 0) is 0 Å². The topological polar surface area (TPSA) is 92.3 Å². The van der Waals surface area contributed by atoms with Crippen molar-refractivity contribution in [1.82, 2.24) is 10.6 Å². The minimum absolute atomic E-state index is 0.174. The number of hydrogen-bond acceptors (Lipinski definition) is 8. The Labute approximate surface area is 155 Å². The van der Waals surface area contributed by atoms with E-state index in [1.54, 1.807) is 0 Å². The van der Waals surface area contributed by atoms with Crippen molar-refractivity contribution in [3.8, 4) is 0 Å². The lowest BCUT2D eigenvalue weighted by Gasteiger charge is -2.17. The second-order valence-electron chi connectivity index (χ2n) is 4.22. The molecule has 0 rings (SSSR count). The van der Waals surface area contributed by atoms with Crippen molar-refractivity contribution in [2.24, 2.45) is 0 Å². The highest BCUT2D eigenvalue weighted by Crippen LogP contribution is 2.25. The van der Waals surface area contributed by atoms with Crippen molar-refractivity contribution in [3.05, 3.63) is 0 Å². The van der Waals surface area contributed by atoms with Crippen LogP contribution in [0, 0.1) is 0 Å². The van der Waals surface area contributed by atoms with Crippen molar-refractivity contribution < 1.29 is 28.0 Å². The van der Waals surface area contributed by atoms with Crippen LogP contribution < -0.4 is 10.6 Å². The van der Waals surface area contributed by atoms with Crippen LogP contribution in [0.4, 0.5) is 8.78 Å². The van der Waals surface area contributed by atoms with Crippen molar-refractivity contribution in [2.45, 2.75) is 25.9 Å². The van der Waals surface area contributed by atoms with Gasteiger partial charge in [0.25, 0.3) is 0 Å². The predicted octanol–water partition coefficient (Wildman–Crippen LogP) is 1.75. The second-order valence-corrected chi connectivity index (χ2v) is 8.59. The van der Waals surface area contributed by atoms with Crippen molar-refractivity contribution >= 4 is 67.2 Å². The second kappa shape index (κ2) is 13.8. The van der Waals surface area contributed by atoms with Gasteiger partial charge in [-0.2, -0.15) is 0 Å². The first kappa shape index (κ1) is 23.5. The first-order valence-electron chi connectivity index (χ1n) is 6.55. The fourth-order valence-electron chi connectivity index (χ4n) is 1.37. The molecule has 0 fully saturated rings. The molecule has 0 heterocycles. The fourth-order valence-corrected chi connectivity index (χ4v) is 4.81. The van der Waals surface area contributed by atoms with Gasteiger partial charge in [-0.25, -0.2) is 8.78 Å². The Morgan fingerprint density at radius 2 is 1.12 bits per heavy atom. The van der Waals surface area contributed by atoms with Gasteiger partial charge < -0.3 is 10.6 Å². The molecule has 2 unspecified atom stereocenters. The van der Waals surface area contributed by atoms with Gasteiger partial charge in [0, 0.05) is 25.4 Å². The van der Waals surface area contributed by atoms with E-state index in [9.17, 15) is 28.0 Å². The zero-order valence-corrected chi connectivity index (χ0v) is 16.3. The van der Waals surface area contributed by atoms with Gasteiger partial charge in [0.05, 0.1) is 0 Å². The average molecular weight is 421 g/mol. The lowest BCUT2D eigenvalue weighted by Crippen LogP contribution is -2.41. The summed E-state index contributed by atoms with van der Waals surface area (Å²) in [7, 11) is 2.37. The molecule has 24 heavy (non-hydrogen) atoms. The number of thioether (sulfide) groups is 2. The SMILES string of the molecule is CC(=O)NC(CSSCC(NC(C)=O)C(=O)SCF)C(=O)SCF. The molecule has 2 amide bonds. The van der Waals surface area contributed by atoms with Crippen LogP contribution in [0.15, 0.2) is 0 Å². The van der Waals surface area contributed by atoms with Gasteiger partial charge in [0.2, 0.25) is 22.0 Å². The molecule has 0 spiro atoms. The summed E-state index contributed by atoms with van der Waals surface area (Å²) < 4.78 is 24.5. The number of rotatable bonds is 11. The molecule has 0 bridgehead atoms. The van der Waals surface area contributed by atoms with Crippen LogP contribution >= 0.6 is 45.1 Å². The first-order valence-corrected chi connectivity index (χ1v) is 11.0. The van der Waals surface area contributed by atoms with E-state index in [0.717, 1.165) is 0 Å². The summed E-state index contributed by atoms with van der Waals surface area (Å²) in [4.78, 5) is 45.5. The quantitative estimate of drug-likeness (QED) is 0.386. The molecule has 6 nitrogen and oxygen atoms in total.